The fourth-order valence-corrected chi connectivity index (χ4v) is 3.25. The Morgan fingerprint density at radius 2 is 1.85 bits per heavy atom. The zero-order chi connectivity index (χ0) is 24.7. The number of carboxylic acids is 1. The van der Waals surface area contributed by atoms with Crippen LogP contribution >= 0.6 is 0 Å². The van der Waals surface area contributed by atoms with Crippen molar-refractivity contribution in [2.24, 2.45) is 5.92 Å². The third kappa shape index (κ3) is 6.77. The van der Waals surface area contributed by atoms with E-state index in [1.54, 1.807) is 43.6 Å². The van der Waals surface area contributed by atoms with Crippen LogP contribution in [0.15, 0.2) is 72.9 Å². The van der Waals surface area contributed by atoms with Crippen LogP contribution in [-0.2, 0) is 16.1 Å². The summed E-state index contributed by atoms with van der Waals surface area (Å²) in [4.78, 5) is 29.9. The molecule has 0 radical (unpaired) electrons. The van der Waals surface area contributed by atoms with Gasteiger partial charge in [-0.2, -0.15) is 0 Å². The molecule has 0 saturated heterocycles. The summed E-state index contributed by atoms with van der Waals surface area (Å²) in [7, 11) is 1.62. The van der Waals surface area contributed by atoms with Crippen molar-refractivity contribution in [3.8, 4) is 16.9 Å². The van der Waals surface area contributed by atoms with Crippen LogP contribution in [0, 0.1) is 5.92 Å². The van der Waals surface area contributed by atoms with Crippen LogP contribution in [0.2, 0.25) is 0 Å². The molecule has 6 heteroatoms. The molecule has 33 heavy (non-hydrogen) atoms. The molecule has 1 heterocycles. The number of hydrogen-bond acceptors (Lipinski definition) is 4. The van der Waals surface area contributed by atoms with Crippen LogP contribution in [0.25, 0.3) is 17.2 Å². The number of methoxy groups -OCH3 is 1. The summed E-state index contributed by atoms with van der Waals surface area (Å²) in [5.41, 5.74) is 3.42. The lowest BCUT2D eigenvalue weighted by molar-refractivity contribution is -0.131. The molecule has 0 aliphatic heterocycles. The SMILES string of the molecule is [2H]C(c1ccc(-c2ccc(OC)cc2)cn1)N(C(=O)CC(C)C)c1cccc(C=CC(=O)O)c1. The minimum Gasteiger partial charge on any atom is -0.497 e. The maximum absolute atomic E-state index is 13.1. The summed E-state index contributed by atoms with van der Waals surface area (Å²) in [5, 5.41) is 8.91. The molecule has 1 amide bonds. The zero-order valence-corrected chi connectivity index (χ0v) is 18.9. The molecule has 0 aliphatic rings. The molecule has 1 N–H and O–H groups in total. The highest BCUT2D eigenvalue weighted by molar-refractivity contribution is 5.94. The Balaban J connectivity index is 1.92. The second kappa shape index (κ2) is 11.1. The van der Waals surface area contributed by atoms with E-state index >= 15 is 0 Å². The van der Waals surface area contributed by atoms with Gasteiger partial charge in [-0.15, -0.1) is 0 Å². The first-order valence-corrected chi connectivity index (χ1v) is 10.6. The predicted octanol–water partition coefficient (Wildman–Crippen LogP) is 5.43. The van der Waals surface area contributed by atoms with Gasteiger partial charge in [0, 0.05) is 29.9 Å². The fraction of sp³-hybridized carbons (Fsp3) is 0.222. The number of nitrogens with zero attached hydrogens (tertiary/aromatic N) is 2. The van der Waals surface area contributed by atoms with Gasteiger partial charge in [-0.1, -0.05) is 44.2 Å². The second-order valence-electron chi connectivity index (χ2n) is 7.96. The first-order chi connectivity index (χ1) is 16.3. The Labute approximate surface area is 195 Å². The van der Waals surface area contributed by atoms with E-state index in [1.165, 1.54) is 11.0 Å². The van der Waals surface area contributed by atoms with Gasteiger partial charge in [0.1, 0.15) is 5.75 Å². The lowest BCUT2D eigenvalue weighted by atomic mass is 10.1. The van der Waals surface area contributed by atoms with Crippen molar-refractivity contribution in [2.45, 2.75) is 26.8 Å². The molecule has 0 spiro atoms. The van der Waals surface area contributed by atoms with Crippen LogP contribution in [0.3, 0.4) is 0 Å². The highest BCUT2D eigenvalue weighted by Crippen LogP contribution is 2.24. The normalized spacial score (nSPS) is 12.4. The number of pyridine rings is 1. The van der Waals surface area contributed by atoms with E-state index in [1.807, 2.05) is 44.2 Å². The van der Waals surface area contributed by atoms with Gasteiger partial charge in [0.15, 0.2) is 0 Å². The molecular formula is C27H28N2O4. The highest BCUT2D eigenvalue weighted by atomic mass is 16.5. The van der Waals surface area contributed by atoms with Gasteiger partial charge in [0.25, 0.3) is 0 Å². The summed E-state index contributed by atoms with van der Waals surface area (Å²) < 4.78 is 14.1. The second-order valence-corrected chi connectivity index (χ2v) is 7.96. The van der Waals surface area contributed by atoms with E-state index in [2.05, 4.69) is 4.98 Å². The van der Waals surface area contributed by atoms with Gasteiger partial charge in [-0.3, -0.25) is 9.78 Å². The smallest absolute Gasteiger partial charge is 0.328 e. The van der Waals surface area contributed by atoms with E-state index in [-0.39, 0.29) is 18.2 Å². The summed E-state index contributed by atoms with van der Waals surface area (Å²) in [5.74, 6) is -0.380. The molecule has 0 bridgehead atoms. The van der Waals surface area contributed by atoms with Gasteiger partial charge in [0.05, 0.1) is 20.7 Å². The van der Waals surface area contributed by atoms with Crippen LogP contribution in [0.4, 0.5) is 5.69 Å². The molecule has 1 atom stereocenters. The molecule has 1 unspecified atom stereocenters. The summed E-state index contributed by atoms with van der Waals surface area (Å²) >= 11 is 0. The molecule has 3 rings (SSSR count). The number of anilines is 1. The van der Waals surface area contributed by atoms with Crippen molar-refractivity contribution in [1.82, 2.24) is 4.98 Å². The molecule has 0 saturated carbocycles. The predicted molar refractivity (Wildman–Crippen MR) is 130 cm³/mol. The van der Waals surface area contributed by atoms with E-state index in [4.69, 9.17) is 11.2 Å². The Bertz CT molecular complexity index is 1160. The van der Waals surface area contributed by atoms with Crippen molar-refractivity contribution >= 4 is 23.6 Å². The van der Waals surface area contributed by atoms with Gasteiger partial charge >= 0.3 is 5.97 Å². The maximum atomic E-state index is 13.1. The minimum atomic E-state index is -1.06. The minimum absolute atomic E-state index is 0.114. The summed E-state index contributed by atoms with van der Waals surface area (Å²) in [6.45, 7) is 2.83. The van der Waals surface area contributed by atoms with Crippen molar-refractivity contribution in [3.05, 3.63) is 84.2 Å². The number of carbonyl (C=O) groups is 2. The molecular weight excluding hydrogens is 416 g/mol. The van der Waals surface area contributed by atoms with E-state index in [9.17, 15) is 9.59 Å². The monoisotopic (exact) mass is 445 g/mol. The van der Waals surface area contributed by atoms with Crippen LogP contribution < -0.4 is 9.64 Å². The number of ether oxygens (including phenoxy) is 1. The molecule has 2 aromatic carbocycles. The standard InChI is InChI=1S/C27H28N2O4/c1-19(2)15-26(30)29(24-6-4-5-20(16-24)7-14-27(31)32)18-23-11-8-22(17-28-23)21-9-12-25(33-3)13-10-21/h4-14,16-17,19H,15,18H2,1-3H3,(H,31,32)/i18D. The number of rotatable bonds is 9. The third-order valence-corrected chi connectivity index (χ3v) is 4.89. The Morgan fingerprint density at radius 3 is 2.45 bits per heavy atom. The van der Waals surface area contributed by atoms with Gasteiger partial charge in [0.2, 0.25) is 5.91 Å². The van der Waals surface area contributed by atoms with E-state index in [0.717, 1.165) is 23.0 Å². The molecule has 6 nitrogen and oxygen atoms in total. The molecule has 170 valence electrons. The Hall–Kier alpha value is -3.93. The van der Waals surface area contributed by atoms with Crippen molar-refractivity contribution in [3.63, 3.8) is 0 Å². The highest BCUT2D eigenvalue weighted by Gasteiger charge is 2.18. The number of benzene rings is 2. The van der Waals surface area contributed by atoms with E-state index < -0.39 is 12.5 Å². The number of hydrogen-bond donors (Lipinski definition) is 1. The summed E-state index contributed by atoms with van der Waals surface area (Å²) in [6.07, 6.45) is 4.46. The van der Waals surface area contributed by atoms with Crippen LogP contribution in [0.1, 0.15) is 32.9 Å². The van der Waals surface area contributed by atoms with Crippen molar-refractivity contribution < 1.29 is 20.8 Å². The molecule has 0 aliphatic carbocycles. The van der Waals surface area contributed by atoms with E-state index in [0.29, 0.717) is 16.9 Å². The van der Waals surface area contributed by atoms with Gasteiger partial charge in [-0.05, 0) is 53.5 Å². The first-order valence-electron chi connectivity index (χ1n) is 11.2. The van der Waals surface area contributed by atoms with Crippen LogP contribution in [0.5, 0.6) is 5.75 Å². The fourth-order valence-electron chi connectivity index (χ4n) is 3.25. The lowest BCUT2D eigenvalue weighted by Gasteiger charge is -2.24. The third-order valence-electron chi connectivity index (χ3n) is 4.89. The largest absolute Gasteiger partial charge is 0.497 e. The zero-order valence-electron chi connectivity index (χ0n) is 19.9. The first kappa shape index (κ1) is 22.3. The van der Waals surface area contributed by atoms with Gasteiger partial charge < -0.3 is 14.7 Å². The van der Waals surface area contributed by atoms with Crippen LogP contribution in [-0.4, -0.2) is 29.1 Å². The Kier molecular flexibility index (Phi) is 7.48. The molecule has 3 aromatic rings. The van der Waals surface area contributed by atoms with Crippen molar-refractivity contribution in [2.75, 3.05) is 12.0 Å². The van der Waals surface area contributed by atoms with Crippen molar-refractivity contribution in [1.29, 1.82) is 0 Å². The quantitative estimate of drug-likeness (QED) is 0.444. The molecule has 0 fully saturated rings. The number of amides is 1. The Morgan fingerprint density at radius 1 is 1.12 bits per heavy atom. The topological polar surface area (TPSA) is 79.7 Å². The molecule has 1 aromatic heterocycles. The average molecular weight is 446 g/mol. The number of aliphatic carboxylic acids is 1. The lowest BCUT2D eigenvalue weighted by Crippen LogP contribution is -2.31. The average Bonchev–Trinajstić information content (AvgIpc) is 2.83. The van der Waals surface area contributed by atoms with Gasteiger partial charge in [-0.25, -0.2) is 4.79 Å². The number of aromatic nitrogens is 1. The summed E-state index contributed by atoms with van der Waals surface area (Å²) in [6, 6.07) is 18.2. The number of carbonyl (C=O) groups excluding carboxylic acids is 1. The maximum Gasteiger partial charge on any atom is 0.328 e. The number of carboxylic acid groups (broad SMARTS) is 1.